The normalized spacial score (nSPS) is 18.1. The molecule has 1 heterocycles. The summed E-state index contributed by atoms with van der Waals surface area (Å²) in [5.41, 5.74) is 6.59. The molecule has 0 saturated carbocycles. The molecule has 0 spiro atoms. The highest BCUT2D eigenvalue weighted by atomic mass is 35.5. The molecule has 1 unspecified atom stereocenters. The Morgan fingerprint density at radius 3 is 3.00 bits per heavy atom. The van der Waals surface area contributed by atoms with Crippen molar-refractivity contribution in [1.29, 1.82) is 0 Å². The number of fused-ring (bicyclic) bond motifs is 1. The van der Waals surface area contributed by atoms with Gasteiger partial charge in [-0.2, -0.15) is 10.2 Å². The second kappa shape index (κ2) is 5.15. The summed E-state index contributed by atoms with van der Waals surface area (Å²) in [7, 11) is 0. The maximum absolute atomic E-state index is 6.05. The molecule has 1 aliphatic rings. The molecule has 104 valence electrons. The molecule has 0 amide bonds. The minimum atomic E-state index is 0.383. The monoisotopic (exact) mass is 290 g/mol. The number of rotatable bonds is 2. The van der Waals surface area contributed by atoms with Gasteiger partial charge >= 0.3 is 0 Å². The van der Waals surface area contributed by atoms with Crippen LogP contribution in [0.5, 0.6) is 0 Å². The Kier molecular flexibility index (Phi) is 3.33. The molecule has 1 atom stereocenters. The number of hydrazine groups is 1. The first-order valence-corrected chi connectivity index (χ1v) is 6.67. The molecule has 20 heavy (non-hydrogen) atoms. The van der Waals surface area contributed by atoms with Crippen molar-refractivity contribution in [3.63, 3.8) is 0 Å². The summed E-state index contributed by atoms with van der Waals surface area (Å²) in [6, 6.07) is 7.94. The predicted octanol–water partition coefficient (Wildman–Crippen LogP) is 1.03. The molecule has 0 radical (unpaired) electrons. The van der Waals surface area contributed by atoms with E-state index in [-0.39, 0.29) is 0 Å². The van der Waals surface area contributed by atoms with Gasteiger partial charge in [0.2, 0.25) is 0 Å². The number of amidine groups is 1. The van der Waals surface area contributed by atoms with E-state index in [2.05, 4.69) is 26.8 Å². The van der Waals surface area contributed by atoms with Crippen LogP contribution in [0.15, 0.2) is 29.4 Å². The first kappa shape index (κ1) is 13.0. The zero-order valence-electron chi connectivity index (χ0n) is 10.7. The minimum Gasteiger partial charge on any atom is -0.321 e. The van der Waals surface area contributed by atoms with Crippen LogP contribution in [-0.2, 0) is 12.8 Å². The number of halogens is 1. The smallest absolute Gasteiger partial charge is 0.187 e. The maximum atomic E-state index is 6.05. The average Bonchev–Trinajstić information content (AvgIpc) is 3.02. The van der Waals surface area contributed by atoms with Crippen LogP contribution >= 0.6 is 11.6 Å². The molecule has 6 N–H and O–H groups in total. The van der Waals surface area contributed by atoms with Crippen LogP contribution in [0.4, 0.5) is 0 Å². The Morgan fingerprint density at radius 2 is 2.30 bits per heavy atom. The minimum absolute atomic E-state index is 0.383. The molecule has 7 heteroatoms. The third-order valence-electron chi connectivity index (χ3n) is 3.66. The molecule has 1 aromatic heterocycles. The zero-order chi connectivity index (χ0) is 14.1. The fourth-order valence-electron chi connectivity index (χ4n) is 2.71. The molecule has 0 aliphatic heterocycles. The van der Waals surface area contributed by atoms with Gasteiger partial charge in [0.1, 0.15) is 5.69 Å². The largest absolute Gasteiger partial charge is 0.321 e. The molecular formula is C13H15ClN6. The van der Waals surface area contributed by atoms with Crippen molar-refractivity contribution < 1.29 is 0 Å². The number of nitrogens with zero attached hydrogens (tertiary/aromatic N) is 2. The third-order valence-corrected chi connectivity index (χ3v) is 3.90. The third kappa shape index (κ3) is 2.13. The van der Waals surface area contributed by atoms with Crippen molar-refractivity contribution in [3.05, 3.63) is 51.8 Å². The lowest BCUT2D eigenvalue weighted by molar-refractivity contribution is 0.721. The van der Waals surface area contributed by atoms with E-state index in [4.69, 9.17) is 23.3 Å². The van der Waals surface area contributed by atoms with Gasteiger partial charge in [0.25, 0.3) is 0 Å². The van der Waals surface area contributed by atoms with Gasteiger partial charge in [0, 0.05) is 16.3 Å². The highest BCUT2D eigenvalue weighted by Crippen LogP contribution is 2.35. The van der Waals surface area contributed by atoms with Crippen LogP contribution in [0.25, 0.3) is 0 Å². The summed E-state index contributed by atoms with van der Waals surface area (Å²) < 4.78 is 0. The molecule has 1 aliphatic carbocycles. The molecule has 1 aromatic carbocycles. The fourth-order valence-corrected chi connectivity index (χ4v) is 2.91. The SMILES string of the molecule is N/N=C(\NN)c1n[nH]c2c1CC(c1cccc(Cl)c1)C2. The van der Waals surface area contributed by atoms with E-state index in [9.17, 15) is 0 Å². The number of aromatic nitrogens is 2. The number of aromatic amines is 1. The highest BCUT2D eigenvalue weighted by Gasteiger charge is 2.29. The summed E-state index contributed by atoms with van der Waals surface area (Å²) in [5, 5.41) is 11.6. The van der Waals surface area contributed by atoms with Crippen LogP contribution in [0.3, 0.4) is 0 Å². The van der Waals surface area contributed by atoms with E-state index in [0.717, 1.165) is 29.1 Å². The van der Waals surface area contributed by atoms with Crippen LogP contribution in [0.1, 0.15) is 28.4 Å². The van der Waals surface area contributed by atoms with Crippen molar-refractivity contribution in [2.45, 2.75) is 18.8 Å². The molecular weight excluding hydrogens is 276 g/mol. The first-order valence-electron chi connectivity index (χ1n) is 6.29. The van der Waals surface area contributed by atoms with Crippen molar-refractivity contribution in [2.75, 3.05) is 0 Å². The summed E-state index contributed by atoms with van der Waals surface area (Å²) in [6.45, 7) is 0. The Hall–Kier alpha value is -2.05. The fraction of sp³-hybridized carbons (Fsp3) is 0.231. The van der Waals surface area contributed by atoms with E-state index in [1.165, 1.54) is 5.56 Å². The first-order chi connectivity index (χ1) is 9.72. The number of hydrogen-bond acceptors (Lipinski definition) is 4. The Bertz CT molecular complexity index is 663. The molecule has 0 saturated heterocycles. The second-order valence-corrected chi connectivity index (χ2v) is 5.25. The predicted molar refractivity (Wildman–Crippen MR) is 78.2 cm³/mol. The number of benzene rings is 1. The summed E-state index contributed by atoms with van der Waals surface area (Å²) in [5.74, 6) is 11.5. The second-order valence-electron chi connectivity index (χ2n) is 4.81. The molecule has 0 fully saturated rings. The Labute approximate surface area is 121 Å². The number of nitrogens with two attached hydrogens (primary N) is 2. The summed E-state index contributed by atoms with van der Waals surface area (Å²) >= 11 is 6.05. The Morgan fingerprint density at radius 1 is 1.45 bits per heavy atom. The number of nitrogens with one attached hydrogen (secondary N) is 2. The average molecular weight is 291 g/mol. The molecule has 3 rings (SSSR count). The van der Waals surface area contributed by atoms with Crippen LogP contribution < -0.4 is 17.1 Å². The quantitative estimate of drug-likeness (QED) is 0.287. The molecule has 0 bridgehead atoms. The summed E-state index contributed by atoms with van der Waals surface area (Å²) in [4.78, 5) is 0. The van der Waals surface area contributed by atoms with E-state index in [1.807, 2.05) is 18.2 Å². The highest BCUT2D eigenvalue weighted by molar-refractivity contribution is 6.30. The van der Waals surface area contributed by atoms with Crippen LogP contribution in [-0.4, -0.2) is 16.0 Å². The maximum Gasteiger partial charge on any atom is 0.187 e. The van der Waals surface area contributed by atoms with Crippen LogP contribution in [0.2, 0.25) is 5.02 Å². The lowest BCUT2D eigenvalue weighted by Gasteiger charge is -2.10. The van der Waals surface area contributed by atoms with Gasteiger partial charge in [0.05, 0.1) is 0 Å². The molecule has 6 nitrogen and oxygen atoms in total. The van der Waals surface area contributed by atoms with E-state index >= 15 is 0 Å². The van der Waals surface area contributed by atoms with Crippen molar-refractivity contribution in [1.82, 2.24) is 15.6 Å². The van der Waals surface area contributed by atoms with E-state index < -0.39 is 0 Å². The van der Waals surface area contributed by atoms with Crippen molar-refractivity contribution in [2.24, 2.45) is 16.8 Å². The van der Waals surface area contributed by atoms with Crippen molar-refractivity contribution in [3.8, 4) is 0 Å². The summed E-state index contributed by atoms with van der Waals surface area (Å²) in [6.07, 6.45) is 1.76. The van der Waals surface area contributed by atoms with Gasteiger partial charge in [-0.25, -0.2) is 5.84 Å². The van der Waals surface area contributed by atoms with Crippen LogP contribution in [0, 0.1) is 0 Å². The zero-order valence-corrected chi connectivity index (χ0v) is 11.5. The van der Waals surface area contributed by atoms with E-state index in [0.29, 0.717) is 17.4 Å². The lowest BCUT2D eigenvalue weighted by atomic mass is 9.96. The van der Waals surface area contributed by atoms with Crippen molar-refractivity contribution >= 4 is 17.4 Å². The topological polar surface area (TPSA) is 105 Å². The van der Waals surface area contributed by atoms with Gasteiger partial charge in [-0.15, -0.1) is 0 Å². The van der Waals surface area contributed by atoms with E-state index in [1.54, 1.807) is 0 Å². The number of hydrogen-bond donors (Lipinski definition) is 4. The van der Waals surface area contributed by atoms with Gasteiger partial charge < -0.3 is 11.3 Å². The lowest BCUT2D eigenvalue weighted by Crippen LogP contribution is -2.33. The van der Waals surface area contributed by atoms with Gasteiger partial charge in [-0.1, -0.05) is 23.7 Å². The number of H-pyrrole nitrogens is 1. The van der Waals surface area contributed by atoms with Gasteiger partial charge in [-0.3, -0.25) is 5.10 Å². The molecule has 2 aromatic rings. The Balaban J connectivity index is 1.90. The van der Waals surface area contributed by atoms with Gasteiger partial charge in [0.15, 0.2) is 5.84 Å². The number of hydrazone groups is 1. The van der Waals surface area contributed by atoms with Gasteiger partial charge in [-0.05, 0) is 36.5 Å². The standard InChI is InChI=1S/C13H15ClN6/c14-9-3-1-2-7(4-9)8-5-10-11(6-8)19-20-12(10)13(17-15)18-16/h1-4,8H,5-6,15-16H2,(H,17,18)(H,19,20).